The molecule has 1 aromatic heterocycles. The summed E-state index contributed by atoms with van der Waals surface area (Å²) in [5.41, 5.74) is 1.89. The highest BCUT2D eigenvalue weighted by Crippen LogP contribution is 2.27. The van der Waals surface area contributed by atoms with Gasteiger partial charge >= 0.3 is 0 Å². The van der Waals surface area contributed by atoms with Gasteiger partial charge in [-0.15, -0.1) is 0 Å². The first-order valence-corrected chi connectivity index (χ1v) is 6.81. The number of ether oxygens (including phenoxy) is 3. The van der Waals surface area contributed by atoms with E-state index in [0.29, 0.717) is 19.0 Å². The molecule has 5 heteroatoms. The van der Waals surface area contributed by atoms with Crippen molar-refractivity contribution in [1.29, 1.82) is 0 Å². The Bertz CT molecular complexity index is 587. The van der Waals surface area contributed by atoms with E-state index in [9.17, 15) is 0 Å². The van der Waals surface area contributed by atoms with E-state index in [1.54, 1.807) is 20.4 Å². The maximum atomic E-state index is 5.49. The van der Waals surface area contributed by atoms with Crippen LogP contribution in [0.3, 0.4) is 0 Å². The van der Waals surface area contributed by atoms with Crippen LogP contribution in [0.1, 0.15) is 12.5 Å². The van der Waals surface area contributed by atoms with Crippen molar-refractivity contribution in [3.8, 4) is 17.4 Å². The number of aromatic nitrogens is 1. The van der Waals surface area contributed by atoms with Gasteiger partial charge in [0.05, 0.1) is 26.5 Å². The van der Waals surface area contributed by atoms with Crippen LogP contribution in [0, 0.1) is 0 Å². The van der Waals surface area contributed by atoms with E-state index in [-0.39, 0.29) is 0 Å². The van der Waals surface area contributed by atoms with Gasteiger partial charge in [0.2, 0.25) is 5.88 Å². The Hall–Kier alpha value is -2.43. The molecule has 21 heavy (non-hydrogen) atoms. The Labute approximate surface area is 124 Å². The highest BCUT2D eigenvalue weighted by Gasteiger charge is 2.07. The van der Waals surface area contributed by atoms with Crippen LogP contribution in [0.2, 0.25) is 0 Å². The zero-order valence-electron chi connectivity index (χ0n) is 12.6. The maximum absolute atomic E-state index is 5.49. The molecule has 2 rings (SSSR count). The fraction of sp³-hybridized carbons (Fsp3) is 0.312. The Kier molecular flexibility index (Phi) is 5.26. The fourth-order valence-electron chi connectivity index (χ4n) is 1.97. The van der Waals surface area contributed by atoms with Crippen LogP contribution in [0.15, 0.2) is 36.5 Å². The van der Waals surface area contributed by atoms with Gasteiger partial charge in [0.1, 0.15) is 11.5 Å². The number of anilines is 1. The summed E-state index contributed by atoms with van der Waals surface area (Å²) in [4.78, 5) is 4.21. The lowest BCUT2D eigenvalue weighted by atomic mass is 10.2. The molecule has 0 spiro atoms. The lowest BCUT2D eigenvalue weighted by Gasteiger charge is -2.13. The van der Waals surface area contributed by atoms with Crippen molar-refractivity contribution in [3.05, 3.63) is 42.1 Å². The maximum Gasteiger partial charge on any atom is 0.237 e. The van der Waals surface area contributed by atoms with Gasteiger partial charge in [0, 0.05) is 24.4 Å². The van der Waals surface area contributed by atoms with Crippen LogP contribution in [0.25, 0.3) is 0 Å². The SMILES string of the molecule is CCOc1ncccc1NCc1ccc(OC)cc1OC. The van der Waals surface area contributed by atoms with Crippen LogP contribution < -0.4 is 19.5 Å². The van der Waals surface area contributed by atoms with Crippen molar-refractivity contribution in [2.75, 3.05) is 26.1 Å². The fourth-order valence-corrected chi connectivity index (χ4v) is 1.97. The summed E-state index contributed by atoms with van der Waals surface area (Å²) in [7, 11) is 3.28. The molecule has 0 saturated heterocycles. The quantitative estimate of drug-likeness (QED) is 0.848. The minimum absolute atomic E-state index is 0.581. The summed E-state index contributed by atoms with van der Waals surface area (Å²) in [5, 5.41) is 3.32. The van der Waals surface area contributed by atoms with Gasteiger partial charge in [0.15, 0.2) is 0 Å². The number of benzene rings is 1. The molecule has 0 unspecified atom stereocenters. The first-order valence-electron chi connectivity index (χ1n) is 6.81. The van der Waals surface area contributed by atoms with E-state index in [2.05, 4.69) is 10.3 Å². The van der Waals surface area contributed by atoms with E-state index in [1.165, 1.54) is 0 Å². The van der Waals surface area contributed by atoms with E-state index < -0.39 is 0 Å². The van der Waals surface area contributed by atoms with Crippen molar-refractivity contribution in [2.24, 2.45) is 0 Å². The predicted molar refractivity (Wildman–Crippen MR) is 82.3 cm³/mol. The normalized spacial score (nSPS) is 10.0. The molecule has 0 aliphatic carbocycles. The minimum Gasteiger partial charge on any atom is -0.497 e. The molecule has 1 N–H and O–H groups in total. The van der Waals surface area contributed by atoms with Crippen molar-refractivity contribution in [3.63, 3.8) is 0 Å². The zero-order chi connectivity index (χ0) is 15.1. The summed E-state index contributed by atoms with van der Waals surface area (Å²) >= 11 is 0. The Morgan fingerprint density at radius 2 is 2.00 bits per heavy atom. The van der Waals surface area contributed by atoms with Crippen LogP contribution in [0.4, 0.5) is 5.69 Å². The summed E-state index contributed by atoms with van der Waals surface area (Å²) in [5.74, 6) is 2.16. The molecule has 0 aliphatic heterocycles. The molecule has 0 saturated carbocycles. The number of hydrogen-bond acceptors (Lipinski definition) is 5. The molecule has 0 atom stereocenters. The number of methoxy groups -OCH3 is 2. The van der Waals surface area contributed by atoms with Crippen molar-refractivity contribution in [2.45, 2.75) is 13.5 Å². The van der Waals surface area contributed by atoms with Gasteiger partial charge in [-0.2, -0.15) is 0 Å². The third-order valence-corrected chi connectivity index (χ3v) is 3.02. The van der Waals surface area contributed by atoms with Gasteiger partial charge in [-0.3, -0.25) is 0 Å². The smallest absolute Gasteiger partial charge is 0.237 e. The average Bonchev–Trinajstić information content (AvgIpc) is 2.54. The summed E-state index contributed by atoms with van der Waals surface area (Å²) < 4.78 is 16.1. The molecule has 1 heterocycles. The Balaban J connectivity index is 2.13. The summed E-state index contributed by atoms with van der Waals surface area (Å²) in [6.45, 7) is 3.13. The molecule has 0 radical (unpaired) electrons. The third-order valence-electron chi connectivity index (χ3n) is 3.02. The second-order valence-electron chi connectivity index (χ2n) is 4.32. The van der Waals surface area contributed by atoms with Crippen molar-refractivity contribution in [1.82, 2.24) is 4.98 Å². The lowest BCUT2D eigenvalue weighted by Crippen LogP contribution is -2.05. The van der Waals surface area contributed by atoms with Crippen molar-refractivity contribution >= 4 is 5.69 Å². The minimum atomic E-state index is 0.581. The van der Waals surface area contributed by atoms with E-state index >= 15 is 0 Å². The van der Waals surface area contributed by atoms with E-state index in [0.717, 1.165) is 22.7 Å². The average molecular weight is 288 g/mol. The highest BCUT2D eigenvalue weighted by molar-refractivity contribution is 5.53. The second-order valence-corrected chi connectivity index (χ2v) is 4.32. The molecule has 1 aromatic carbocycles. The lowest BCUT2D eigenvalue weighted by molar-refractivity contribution is 0.328. The number of pyridine rings is 1. The molecule has 2 aromatic rings. The summed E-state index contributed by atoms with van der Waals surface area (Å²) in [6.07, 6.45) is 1.71. The van der Waals surface area contributed by atoms with Crippen LogP contribution in [0.5, 0.6) is 17.4 Å². The van der Waals surface area contributed by atoms with Gasteiger partial charge in [-0.25, -0.2) is 4.98 Å². The molecule has 112 valence electrons. The molecule has 0 aliphatic rings. The second kappa shape index (κ2) is 7.38. The largest absolute Gasteiger partial charge is 0.497 e. The standard InChI is InChI=1S/C16H20N2O3/c1-4-21-16-14(6-5-9-17-16)18-11-12-7-8-13(19-2)10-15(12)20-3/h5-10,18H,4,11H2,1-3H3. The number of hydrogen-bond donors (Lipinski definition) is 1. The molecule has 0 fully saturated rings. The monoisotopic (exact) mass is 288 g/mol. The van der Waals surface area contributed by atoms with Gasteiger partial charge < -0.3 is 19.5 Å². The summed E-state index contributed by atoms with van der Waals surface area (Å²) in [6, 6.07) is 9.56. The van der Waals surface area contributed by atoms with Gasteiger partial charge in [0.25, 0.3) is 0 Å². The first-order chi connectivity index (χ1) is 10.3. The molecular weight excluding hydrogens is 268 g/mol. The third kappa shape index (κ3) is 3.78. The Morgan fingerprint density at radius 3 is 2.71 bits per heavy atom. The molecule has 0 bridgehead atoms. The van der Waals surface area contributed by atoms with E-state index in [4.69, 9.17) is 14.2 Å². The number of rotatable bonds is 7. The van der Waals surface area contributed by atoms with E-state index in [1.807, 2.05) is 37.3 Å². The van der Waals surface area contributed by atoms with Crippen LogP contribution in [-0.4, -0.2) is 25.8 Å². The topological polar surface area (TPSA) is 52.6 Å². The molecular formula is C16H20N2O3. The molecule has 5 nitrogen and oxygen atoms in total. The Morgan fingerprint density at radius 1 is 1.14 bits per heavy atom. The van der Waals surface area contributed by atoms with Crippen LogP contribution in [-0.2, 0) is 6.54 Å². The first kappa shape index (κ1) is 15.0. The highest BCUT2D eigenvalue weighted by atomic mass is 16.5. The van der Waals surface area contributed by atoms with Gasteiger partial charge in [-0.05, 0) is 31.2 Å². The van der Waals surface area contributed by atoms with Gasteiger partial charge in [-0.1, -0.05) is 0 Å². The van der Waals surface area contributed by atoms with Crippen molar-refractivity contribution < 1.29 is 14.2 Å². The number of nitrogens with zero attached hydrogens (tertiary/aromatic N) is 1. The predicted octanol–water partition coefficient (Wildman–Crippen LogP) is 3.11. The zero-order valence-corrected chi connectivity index (χ0v) is 12.6. The van der Waals surface area contributed by atoms with Crippen LogP contribution >= 0.6 is 0 Å². The molecule has 0 amide bonds. The number of nitrogens with one attached hydrogen (secondary N) is 1.